The molecule has 2 heterocycles. The second kappa shape index (κ2) is 9.58. The van der Waals surface area contributed by atoms with E-state index in [9.17, 15) is 4.79 Å². The first-order valence-electron chi connectivity index (χ1n) is 11.0. The van der Waals surface area contributed by atoms with Crippen LogP contribution in [0.4, 0.5) is 5.95 Å². The monoisotopic (exact) mass is 452 g/mol. The second-order valence-electron chi connectivity index (χ2n) is 7.91. The van der Waals surface area contributed by atoms with E-state index in [1.54, 1.807) is 11.8 Å². The summed E-state index contributed by atoms with van der Waals surface area (Å²) in [6, 6.07) is 27.5. The Hall–Kier alpha value is -4.46. The first-order chi connectivity index (χ1) is 16.7. The van der Waals surface area contributed by atoms with Crippen molar-refractivity contribution in [1.82, 2.24) is 25.5 Å². The summed E-state index contributed by atoms with van der Waals surface area (Å²) < 4.78 is 6.94. The standard InChI is InChI=1S/C26H24N6O2/c1-34-22-14-12-19(13-15-22)17-27-25(33)18-31-23(20-8-4-2-5-9-20)16-24(21-10-6-3-7-11-21)32-26(31)28-29-30-32/h2-16,24H,17-18H2,1H3,(H,27,33). The highest BCUT2D eigenvalue weighted by atomic mass is 16.5. The van der Waals surface area contributed by atoms with Crippen LogP contribution in [-0.2, 0) is 11.3 Å². The van der Waals surface area contributed by atoms with Gasteiger partial charge >= 0.3 is 0 Å². The maximum absolute atomic E-state index is 13.0. The highest BCUT2D eigenvalue weighted by Gasteiger charge is 2.31. The molecule has 1 aliphatic heterocycles. The number of carbonyl (C=O) groups is 1. The normalized spacial score (nSPS) is 14.8. The van der Waals surface area contributed by atoms with Gasteiger partial charge in [0.25, 0.3) is 5.95 Å². The summed E-state index contributed by atoms with van der Waals surface area (Å²) in [4.78, 5) is 14.8. The number of rotatable bonds is 7. The zero-order valence-corrected chi connectivity index (χ0v) is 18.7. The predicted octanol–water partition coefficient (Wildman–Crippen LogP) is 3.45. The third kappa shape index (κ3) is 4.38. The molecule has 4 aromatic rings. The molecule has 1 unspecified atom stereocenters. The molecule has 1 aromatic heterocycles. The van der Waals surface area contributed by atoms with Gasteiger partial charge in [-0.15, -0.1) is 0 Å². The zero-order chi connectivity index (χ0) is 23.3. The van der Waals surface area contributed by atoms with Gasteiger partial charge < -0.3 is 10.1 Å². The molecule has 0 saturated heterocycles. The number of hydrogen-bond acceptors (Lipinski definition) is 6. The van der Waals surface area contributed by atoms with Crippen molar-refractivity contribution in [3.63, 3.8) is 0 Å². The second-order valence-corrected chi connectivity index (χ2v) is 7.91. The fourth-order valence-electron chi connectivity index (χ4n) is 4.01. The van der Waals surface area contributed by atoms with Crippen LogP contribution in [0.3, 0.4) is 0 Å². The van der Waals surface area contributed by atoms with Crippen LogP contribution >= 0.6 is 0 Å². The van der Waals surface area contributed by atoms with Crippen LogP contribution in [0.5, 0.6) is 5.75 Å². The molecule has 0 bridgehead atoms. The van der Waals surface area contributed by atoms with E-state index in [2.05, 4.69) is 26.9 Å². The number of tetrazole rings is 1. The van der Waals surface area contributed by atoms with Gasteiger partial charge in [-0.25, -0.2) is 0 Å². The summed E-state index contributed by atoms with van der Waals surface area (Å²) in [6.07, 6.45) is 2.10. The van der Waals surface area contributed by atoms with Crippen LogP contribution in [0.25, 0.3) is 5.70 Å². The Morgan fingerprint density at radius 1 is 0.971 bits per heavy atom. The Morgan fingerprint density at radius 2 is 1.68 bits per heavy atom. The van der Waals surface area contributed by atoms with Gasteiger partial charge in [0, 0.05) is 6.54 Å². The number of amides is 1. The third-order valence-electron chi connectivity index (χ3n) is 5.75. The molecule has 1 N–H and O–H groups in total. The number of hydrogen-bond donors (Lipinski definition) is 1. The Morgan fingerprint density at radius 3 is 2.38 bits per heavy atom. The predicted molar refractivity (Wildman–Crippen MR) is 129 cm³/mol. The third-order valence-corrected chi connectivity index (χ3v) is 5.75. The van der Waals surface area contributed by atoms with E-state index in [0.29, 0.717) is 12.5 Å². The zero-order valence-electron chi connectivity index (χ0n) is 18.7. The van der Waals surface area contributed by atoms with Crippen molar-refractivity contribution >= 4 is 17.6 Å². The van der Waals surface area contributed by atoms with Crippen molar-refractivity contribution in [1.29, 1.82) is 0 Å². The van der Waals surface area contributed by atoms with Gasteiger partial charge in [0.05, 0.1) is 12.8 Å². The lowest BCUT2D eigenvalue weighted by atomic mass is 10.0. The summed E-state index contributed by atoms with van der Waals surface area (Å²) >= 11 is 0. The molecule has 0 spiro atoms. The summed E-state index contributed by atoms with van der Waals surface area (Å²) in [5.74, 6) is 1.17. The van der Waals surface area contributed by atoms with Crippen molar-refractivity contribution < 1.29 is 9.53 Å². The first kappa shape index (κ1) is 21.4. The van der Waals surface area contributed by atoms with Crippen LogP contribution in [-0.4, -0.2) is 39.8 Å². The molecule has 8 nitrogen and oxygen atoms in total. The van der Waals surface area contributed by atoms with Gasteiger partial charge in [0.2, 0.25) is 5.91 Å². The Bertz CT molecular complexity index is 1290. The topological polar surface area (TPSA) is 85.2 Å². The lowest BCUT2D eigenvalue weighted by Gasteiger charge is -2.32. The molecule has 8 heteroatoms. The lowest BCUT2D eigenvalue weighted by Crippen LogP contribution is -2.39. The van der Waals surface area contributed by atoms with Crippen molar-refractivity contribution in [3.8, 4) is 5.75 Å². The van der Waals surface area contributed by atoms with E-state index >= 15 is 0 Å². The molecule has 0 radical (unpaired) electrons. The molecule has 0 aliphatic carbocycles. The Kier molecular flexibility index (Phi) is 6.03. The van der Waals surface area contributed by atoms with E-state index in [0.717, 1.165) is 28.1 Å². The van der Waals surface area contributed by atoms with E-state index in [-0.39, 0.29) is 18.5 Å². The average Bonchev–Trinajstić information content (AvgIpc) is 3.39. The molecule has 3 aromatic carbocycles. The van der Waals surface area contributed by atoms with Crippen LogP contribution in [0, 0.1) is 0 Å². The number of anilines is 1. The largest absolute Gasteiger partial charge is 0.497 e. The molecule has 0 fully saturated rings. The highest BCUT2D eigenvalue weighted by Crippen LogP contribution is 2.35. The number of benzene rings is 3. The number of nitrogens with one attached hydrogen (secondary N) is 1. The fraction of sp³-hybridized carbons (Fsp3) is 0.154. The summed E-state index contributed by atoms with van der Waals surface area (Å²) in [6.45, 7) is 0.497. The number of ether oxygens (including phenoxy) is 1. The first-order valence-corrected chi connectivity index (χ1v) is 11.0. The van der Waals surface area contributed by atoms with Gasteiger partial charge in [-0.3, -0.25) is 9.69 Å². The van der Waals surface area contributed by atoms with Gasteiger partial charge in [-0.1, -0.05) is 77.9 Å². The van der Waals surface area contributed by atoms with E-state index in [4.69, 9.17) is 4.74 Å². The van der Waals surface area contributed by atoms with E-state index in [1.807, 2.05) is 89.8 Å². The minimum atomic E-state index is -0.181. The number of allylic oxidation sites excluding steroid dienone is 1. The summed E-state index contributed by atoms with van der Waals surface area (Å²) in [7, 11) is 1.63. The minimum Gasteiger partial charge on any atom is -0.497 e. The number of nitrogens with zero attached hydrogens (tertiary/aromatic N) is 5. The molecular formula is C26H24N6O2. The molecule has 34 heavy (non-hydrogen) atoms. The van der Waals surface area contributed by atoms with Crippen molar-refractivity contribution in [2.75, 3.05) is 18.6 Å². The minimum absolute atomic E-state index is 0.0821. The van der Waals surface area contributed by atoms with Gasteiger partial charge in [0.15, 0.2) is 0 Å². The molecule has 1 amide bonds. The molecule has 5 rings (SSSR count). The average molecular weight is 453 g/mol. The molecule has 1 aliphatic rings. The number of methoxy groups -OCH3 is 1. The van der Waals surface area contributed by atoms with Crippen LogP contribution in [0.15, 0.2) is 91.0 Å². The van der Waals surface area contributed by atoms with Crippen LogP contribution in [0.2, 0.25) is 0 Å². The number of aromatic nitrogens is 4. The van der Waals surface area contributed by atoms with Crippen molar-refractivity contribution in [3.05, 3.63) is 108 Å². The van der Waals surface area contributed by atoms with E-state index < -0.39 is 0 Å². The molecule has 1 atom stereocenters. The van der Waals surface area contributed by atoms with Gasteiger partial charge in [-0.2, -0.15) is 4.68 Å². The van der Waals surface area contributed by atoms with Crippen molar-refractivity contribution in [2.24, 2.45) is 0 Å². The number of carbonyl (C=O) groups excluding carboxylic acids is 1. The lowest BCUT2D eigenvalue weighted by molar-refractivity contribution is -0.119. The fourth-order valence-corrected chi connectivity index (χ4v) is 4.01. The maximum atomic E-state index is 13.0. The summed E-state index contributed by atoms with van der Waals surface area (Å²) in [5.41, 5.74) is 3.92. The van der Waals surface area contributed by atoms with Gasteiger partial charge in [0.1, 0.15) is 18.3 Å². The molecule has 170 valence electrons. The Balaban J connectivity index is 1.42. The number of fused-ring (bicyclic) bond motifs is 1. The van der Waals surface area contributed by atoms with Crippen LogP contribution < -0.4 is 15.0 Å². The molecular weight excluding hydrogens is 428 g/mol. The van der Waals surface area contributed by atoms with Crippen LogP contribution in [0.1, 0.15) is 22.7 Å². The van der Waals surface area contributed by atoms with Gasteiger partial charge in [-0.05, 0) is 45.3 Å². The highest BCUT2D eigenvalue weighted by molar-refractivity contribution is 5.89. The smallest absolute Gasteiger partial charge is 0.251 e. The van der Waals surface area contributed by atoms with Crippen molar-refractivity contribution in [2.45, 2.75) is 12.6 Å². The van der Waals surface area contributed by atoms with E-state index in [1.165, 1.54) is 0 Å². The maximum Gasteiger partial charge on any atom is 0.251 e. The SMILES string of the molecule is COc1ccc(CNC(=O)CN2C(c3ccccc3)=CC(c3ccccc3)n3nnnc32)cc1. The Labute approximate surface area is 197 Å². The molecule has 0 saturated carbocycles. The summed E-state index contributed by atoms with van der Waals surface area (Å²) in [5, 5.41) is 15.4. The quantitative estimate of drug-likeness (QED) is 0.462.